The third-order valence-electron chi connectivity index (χ3n) is 1.69. The molecule has 0 atom stereocenters. The first-order valence-electron chi connectivity index (χ1n) is 3.09. The van der Waals surface area contributed by atoms with Gasteiger partial charge in [0.1, 0.15) is 5.82 Å². The number of hydrogen-bond acceptors (Lipinski definition) is 1. The second kappa shape index (κ2) is 1.59. The molecular formula is C7H8N2. The van der Waals surface area contributed by atoms with Crippen molar-refractivity contribution in [3.05, 3.63) is 24.1 Å². The number of hydrogen-bond donors (Lipinski definition) is 0. The van der Waals surface area contributed by atoms with Crippen LogP contribution >= 0.6 is 0 Å². The van der Waals surface area contributed by atoms with Crippen LogP contribution in [0.25, 0.3) is 0 Å². The van der Waals surface area contributed by atoms with E-state index in [1.807, 2.05) is 6.20 Å². The predicted molar refractivity (Wildman–Crippen MR) is 33.9 cm³/mol. The highest BCUT2D eigenvalue weighted by molar-refractivity contribution is 5.10. The van der Waals surface area contributed by atoms with Crippen LogP contribution in [0.4, 0.5) is 0 Å². The maximum atomic E-state index is 4.20. The number of aryl methyl sites for hydroxylation is 1. The van der Waals surface area contributed by atoms with Gasteiger partial charge in [-0.15, -0.1) is 0 Å². The average Bonchev–Trinajstić information content (AvgIpc) is 2.35. The van der Waals surface area contributed by atoms with Crippen LogP contribution < -0.4 is 0 Å². The lowest BCUT2D eigenvalue weighted by atomic mass is 10.4. The third kappa shape index (κ3) is 0.590. The highest BCUT2D eigenvalue weighted by Gasteiger charge is 2.12. The Bertz CT molecular complexity index is 225. The molecule has 1 aromatic heterocycles. The Labute approximate surface area is 54.5 Å². The normalized spacial score (nSPS) is 16.1. The van der Waals surface area contributed by atoms with Crippen molar-refractivity contribution in [1.29, 1.82) is 0 Å². The van der Waals surface area contributed by atoms with E-state index in [1.165, 1.54) is 5.69 Å². The molecule has 0 N–H and O–H groups in total. The van der Waals surface area contributed by atoms with Gasteiger partial charge in [0.2, 0.25) is 0 Å². The van der Waals surface area contributed by atoms with E-state index in [0.29, 0.717) is 0 Å². The molecule has 9 heavy (non-hydrogen) atoms. The van der Waals surface area contributed by atoms with E-state index in [1.54, 1.807) is 0 Å². The second-order valence-corrected chi connectivity index (χ2v) is 2.33. The Morgan fingerprint density at radius 2 is 2.67 bits per heavy atom. The summed E-state index contributed by atoms with van der Waals surface area (Å²) >= 11 is 0. The molecule has 0 aliphatic carbocycles. The minimum absolute atomic E-state index is 0.924. The summed E-state index contributed by atoms with van der Waals surface area (Å²) in [5, 5.41) is 0. The van der Waals surface area contributed by atoms with Crippen LogP contribution in [0.15, 0.2) is 6.20 Å². The fraction of sp³-hybridized carbons (Fsp3) is 0.429. The summed E-state index contributed by atoms with van der Waals surface area (Å²) in [5.74, 6) is 1.16. The largest absolute Gasteiger partial charge is 0.332 e. The maximum Gasteiger partial charge on any atom is 0.109 e. The van der Waals surface area contributed by atoms with Crippen molar-refractivity contribution < 1.29 is 0 Å². The molecule has 0 fully saturated rings. The molecule has 0 saturated carbocycles. The average molecular weight is 120 g/mol. The van der Waals surface area contributed by atoms with Gasteiger partial charge in [-0.25, -0.2) is 4.98 Å². The molecule has 0 unspecified atom stereocenters. The Morgan fingerprint density at radius 3 is 3.44 bits per heavy atom. The smallest absolute Gasteiger partial charge is 0.109 e. The van der Waals surface area contributed by atoms with Crippen molar-refractivity contribution in [1.82, 2.24) is 9.55 Å². The zero-order valence-corrected chi connectivity index (χ0v) is 5.39. The van der Waals surface area contributed by atoms with Crippen molar-refractivity contribution >= 4 is 0 Å². The Balaban J connectivity index is 2.56. The molecule has 46 valence electrons. The molecule has 2 nitrogen and oxygen atoms in total. The molecule has 2 radical (unpaired) electrons. The summed E-state index contributed by atoms with van der Waals surface area (Å²) in [7, 11) is 0. The van der Waals surface area contributed by atoms with E-state index in [-0.39, 0.29) is 0 Å². The zero-order valence-electron chi connectivity index (χ0n) is 5.39. The molecule has 0 amide bonds. The van der Waals surface area contributed by atoms with Gasteiger partial charge in [-0.1, -0.05) is 0 Å². The molecule has 1 aliphatic heterocycles. The van der Waals surface area contributed by atoms with Gasteiger partial charge in [0, 0.05) is 31.3 Å². The summed E-state index contributed by atoms with van der Waals surface area (Å²) in [6.07, 6.45) is 6.05. The van der Waals surface area contributed by atoms with Gasteiger partial charge in [-0.3, -0.25) is 0 Å². The predicted octanol–water partition coefficient (Wildman–Crippen LogP) is 0.829. The summed E-state index contributed by atoms with van der Waals surface area (Å²) in [5.41, 5.74) is 1.25. The molecular weight excluding hydrogens is 112 g/mol. The van der Waals surface area contributed by atoms with E-state index in [0.717, 1.165) is 18.8 Å². The quantitative estimate of drug-likeness (QED) is 0.496. The lowest BCUT2D eigenvalue weighted by Crippen LogP contribution is -1.93. The van der Waals surface area contributed by atoms with Gasteiger partial charge in [-0.2, -0.15) is 0 Å². The first-order chi connectivity index (χ1) is 4.38. The Kier molecular flexibility index (Phi) is 0.891. The van der Waals surface area contributed by atoms with Gasteiger partial charge >= 0.3 is 0 Å². The Hall–Kier alpha value is -0.790. The summed E-state index contributed by atoms with van der Waals surface area (Å²) < 4.78 is 2.18. The van der Waals surface area contributed by atoms with Gasteiger partial charge < -0.3 is 4.57 Å². The Morgan fingerprint density at radius 1 is 1.78 bits per heavy atom. The topological polar surface area (TPSA) is 17.8 Å². The summed E-state index contributed by atoms with van der Waals surface area (Å²) in [4.78, 5) is 4.20. The van der Waals surface area contributed by atoms with E-state index in [4.69, 9.17) is 0 Å². The molecule has 2 heteroatoms. The number of fused-ring (bicyclic) bond motifs is 1. The van der Waals surface area contributed by atoms with Crippen molar-refractivity contribution in [2.24, 2.45) is 0 Å². The maximum absolute atomic E-state index is 4.20. The van der Waals surface area contributed by atoms with Crippen molar-refractivity contribution in [3.8, 4) is 0 Å². The van der Waals surface area contributed by atoms with Crippen LogP contribution in [0.5, 0.6) is 0 Å². The van der Waals surface area contributed by atoms with Gasteiger partial charge in [0.15, 0.2) is 0 Å². The molecule has 0 saturated heterocycles. The third-order valence-corrected chi connectivity index (χ3v) is 1.69. The van der Waals surface area contributed by atoms with Crippen molar-refractivity contribution in [2.45, 2.75) is 19.9 Å². The van der Waals surface area contributed by atoms with Crippen molar-refractivity contribution in [3.63, 3.8) is 0 Å². The van der Waals surface area contributed by atoms with E-state index in [9.17, 15) is 0 Å². The fourth-order valence-electron chi connectivity index (χ4n) is 1.15. The minimum atomic E-state index is 0.924. The zero-order chi connectivity index (χ0) is 6.27. The lowest BCUT2D eigenvalue weighted by molar-refractivity contribution is 0.797. The van der Waals surface area contributed by atoms with Crippen LogP contribution in [0.1, 0.15) is 11.5 Å². The van der Waals surface area contributed by atoms with Crippen LogP contribution in [-0.4, -0.2) is 9.55 Å². The summed E-state index contributed by atoms with van der Waals surface area (Å²) in [6.45, 7) is 3.00. The van der Waals surface area contributed by atoms with E-state index < -0.39 is 0 Å². The number of rotatable bonds is 0. The summed E-state index contributed by atoms with van der Waals surface area (Å²) in [6, 6.07) is 0. The van der Waals surface area contributed by atoms with Crippen LogP contribution in [-0.2, 0) is 13.0 Å². The molecule has 0 bridgehead atoms. The first-order valence-corrected chi connectivity index (χ1v) is 3.09. The molecule has 0 aromatic carbocycles. The standard InChI is InChI=1S/C7H8N2/c1-6-5-8-7-3-2-4-9(6)7/h5H,3-4H2,1H3. The number of nitrogens with zero attached hydrogens (tertiary/aromatic N) is 2. The molecule has 0 spiro atoms. The SMILES string of the molecule is Cc1cnc2n1C[C]C2. The lowest BCUT2D eigenvalue weighted by Gasteiger charge is -1.95. The molecule has 2 rings (SSSR count). The number of imidazole rings is 1. The number of aromatic nitrogens is 2. The van der Waals surface area contributed by atoms with Crippen LogP contribution in [0.3, 0.4) is 0 Å². The second-order valence-electron chi connectivity index (χ2n) is 2.33. The highest BCUT2D eigenvalue weighted by Crippen LogP contribution is 2.13. The molecule has 1 aromatic rings. The van der Waals surface area contributed by atoms with Gasteiger partial charge in [0.25, 0.3) is 0 Å². The van der Waals surface area contributed by atoms with Crippen molar-refractivity contribution in [2.75, 3.05) is 0 Å². The first kappa shape index (κ1) is 5.03. The van der Waals surface area contributed by atoms with E-state index in [2.05, 4.69) is 22.9 Å². The fourth-order valence-corrected chi connectivity index (χ4v) is 1.15. The van der Waals surface area contributed by atoms with Crippen LogP contribution in [0.2, 0.25) is 0 Å². The van der Waals surface area contributed by atoms with Crippen LogP contribution in [0, 0.1) is 13.3 Å². The minimum Gasteiger partial charge on any atom is -0.332 e. The molecule has 2 heterocycles. The molecule has 1 aliphatic rings. The van der Waals surface area contributed by atoms with Gasteiger partial charge in [0.05, 0.1) is 0 Å². The monoisotopic (exact) mass is 120 g/mol. The highest BCUT2D eigenvalue weighted by atomic mass is 15.1. The van der Waals surface area contributed by atoms with Gasteiger partial charge in [-0.05, 0) is 6.92 Å². The van der Waals surface area contributed by atoms with E-state index >= 15 is 0 Å².